The molecule has 1 aliphatic carbocycles. The highest BCUT2D eigenvalue weighted by Crippen LogP contribution is 2.51. The number of rotatable bonds is 6. The zero-order valence-corrected chi connectivity index (χ0v) is 11.1. The maximum atomic E-state index is 12.6. The van der Waals surface area contributed by atoms with Crippen molar-refractivity contribution in [1.29, 1.82) is 0 Å². The SMILES string of the molecule is CCCNC(CC(F)(F)F)C1CC1c1ccccc1. The molecule has 4 heteroatoms. The van der Waals surface area contributed by atoms with E-state index in [1.165, 1.54) is 0 Å². The van der Waals surface area contributed by atoms with Crippen LogP contribution in [0.4, 0.5) is 13.2 Å². The predicted octanol–water partition coefficient (Wildman–Crippen LogP) is 4.11. The van der Waals surface area contributed by atoms with Gasteiger partial charge in [0.25, 0.3) is 0 Å². The highest BCUT2D eigenvalue weighted by atomic mass is 19.4. The van der Waals surface area contributed by atoms with Crippen molar-refractivity contribution in [3.8, 4) is 0 Å². The average molecular weight is 271 g/mol. The number of halogens is 3. The third-order valence-corrected chi connectivity index (χ3v) is 3.69. The molecule has 1 N–H and O–H groups in total. The Labute approximate surface area is 112 Å². The van der Waals surface area contributed by atoms with Crippen LogP contribution in [-0.4, -0.2) is 18.8 Å². The molecule has 19 heavy (non-hydrogen) atoms. The summed E-state index contributed by atoms with van der Waals surface area (Å²) in [6.07, 6.45) is -3.09. The predicted molar refractivity (Wildman–Crippen MR) is 70.0 cm³/mol. The number of alkyl halides is 3. The first-order valence-corrected chi connectivity index (χ1v) is 6.86. The van der Waals surface area contributed by atoms with Gasteiger partial charge in [-0.15, -0.1) is 0 Å². The lowest BCUT2D eigenvalue weighted by molar-refractivity contribution is -0.141. The fourth-order valence-electron chi connectivity index (χ4n) is 2.70. The van der Waals surface area contributed by atoms with Crippen LogP contribution in [0.5, 0.6) is 0 Å². The van der Waals surface area contributed by atoms with Crippen molar-refractivity contribution >= 4 is 0 Å². The third kappa shape index (κ3) is 4.23. The van der Waals surface area contributed by atoms with E-state index in [4.69, 9.17) is 0 Å². The molecule has 0 heterocycles. The summed E-state index contributed by atoms with van der Waals surface area (Å²) in [4.78, 5) is 0. The smallest absolute Gasteiger partial charge is 0.313 e. The lowest BCUT2D eigenvalue weighted by Crippen LogP contribution is -2.36. The zero-order chi connectivity index (χ0) is 13.9. The fraction of sp³-hybridized carbons (Fsp3) is 0.600. The standard InChI is InChI=1S/C15H20F3N/c1-2-8-19-14(10-15(16,17)18)13-9-12(13)11-6-4-3-5-7-11/h3-7,12-14,19H,2,8-10H2,1H3. The van der Waals surface area contributed by atoms with Crippen LogP contribution in [0.3, 0.4) is 0 Å². The Hall–Kier alpha value is -1.03. The quantitative estimate of drug-likeness (QED) is 0.821. The summed E-state index contributed by atoms with van der Waals surface area (Å²) in [5.41, 5.74) is 1.16. The summed E-state index contributed by atoms with van der Waals surface area (Å²) in [5, 5.41) is 3.07. The lowest BCUT2D eigenvalue weighted by Gasteiger charge is -2.20. The van der Waals surface area contributed by atoms with Crippen LogP contribution in [0.2, 0.25) is 0 Å². The molecule has 3 unspecified atom stereocenters. The largest absolute Gasteiger partial charge is 0.390 e. The first-order chi connectivity index (χ1) is 9.01. The zero-order valence-electron chi connectivity index (χ0n) is 11.1. The Kier molecular flexibility index (Phi) is 4.50. The van der Waals surface area contributed by atoms with Crippen LogP contribution in [0.1, 0.15) is 37.7 Å². The Balaban J connectivity index is 1.97. The Morgan fingerprint density at radius 3 is 2.53 bits per heavy atom. The van der Waals surface area contributed by atoms with E-state index in [1.54, 1.807) is 0 Å². The van der Waals surface area contributed by atoms with Gasteiger partial charge in [0.1, 0.15) is 0 Å². The Morgan fingerprint density at radius 2 is 1.95 bits per heavy atom. The van der Waals surface area contributed by atoms with Gasteiger partial charge in [0.2, 0.25) is 0 Å². The fourth-order valence-corrected chi connectivity index (χ4v) is 2.70. The second-order valence-corrected chi connectivity index (χ2v) is 5.30. The summed E-state index contributed by atoms with van der Waals surface area (Å²) in [7, 11) is 0. The second kappa shape index (κ2) is 5.95. The molecule has 0 saturated heterocycles. The van der Waals surface area contributed by atoms with Crippen LogP contribution < -0.4 is 5.32 Å². The molecule has 1 saturated carbocycles. The van der Waals surface area contributed by atoms with Crippen molar-refractivity contribution in [2.45, 2.75) is 44.3 Å². The average Bonchev–Trinajstić information content (AvgIpc) is 3.14. The maximum Gasteiger partial charge on any atom is 0.390 e. The van der Waals surface area contributed by atoms with Gasteiger partial charge < -0.3 is 5.32 Å². The van der Waals surface area contributed by atoms with Gasteiger partial charge >= 0.3 is 6.18 Å². The van der Waals surface area contributed by atoms with E-state index in [9.17, 15) is 13.2 Å². The monoisotopic (exact) mass is 271 g/mol. The van der Waals surface area contributed by atoms with Crippen LogP contribution in [-0.2, 0) is 0 Å². The van der Waals surface area contributed by atoms with Gasteiger partial charge in [-0.2, -0.15) is 13.2 Å². The van der Waals surface area contributed by atoms with Crippen molar-refractivity contribution in [2.75, 3.05) is 6.54 Å². The van der Waals surface area contributed by atoms with Crippen LogP contribution in [0.25, 0.3) is 0 Å². The number of hydrogen-bond donors (Lipinski definition) is 1. The van der Waals surface area contributed by atoms with Gasteiger partial charge in [-0.3, -0.25) is 0 Å². The summed E-state index contributed by atoms with van der Waals surface area (Å²) in [5.74, 6) is 0.411. The third-order valence-electron chi connectivity index (χ3n) is 3.69. The Morgan fingerprint density at radius 1 is 1.26 bits per heavy atom. The van der Waals surface area contributed by atoms with Crippen molar-refractivity contribution in [3.05, 3.63) is 35.9 Å². The second-order valence-electron chi connectivity index (χ2n) is 5.30. The molecule has 0 amide bonds. The lowest BCUT2D eigenvalue weighted by atomic mass is 10.0. The molecule has 1 aliphatic rings. The normalized spacial score (nSPS) is 24.2. The minimum absolute atomic E-state index is 0.121. The van der Waals surface area contributed by atoms with E-state index >= 15 is 0 Å². The molecule has 106 valence electrons. The number of hydrogen-bond acceptors (Lipinski definition) is 1. The van der Waals surface area contributed by atoms with Gasteiger partial charge in [0.15, 0.2) is 0 Å². The molecule has 1 aromatic rings. The van der Waals surface area contributed by atoms with Crippen LogP contribution in [0, 0.1) is 5.92 Å². The molecule has 0 spiro atoms. The summed E-state index contributed by atoms with van der Waals surface area (Å²) in [6, 6.07) is 9.41. The van der Waals surface area contributed by atoms with Gasteiger partial charge in [-0.1, -0.05) is 37.3 Å². The molecular weight excluding hydrogens is 251 g/mol. The van der Waals surface area contributed by atoms with E-state index in [0.717, 1.165) is 18.4 Å². The van der Waals surface area contributed by atoms with E-state index in [0.29, 0.717) is 6.54 Å². The summed E-state index contributed by atoms with van der Waals surface area (Å²) >= 11 is 0. The molecule has 1 aromatic carbocycles. The first-order valence-electron chi connectivity index (χ1n) is 6.86. The van der Waals surface area contributed by atoms with E-state index < -0.39 is 18.6 Å². The number of nitrogens with one attached hydrogen (secondary N) is 1. The molecular formula is C15H20F3N. The van der Waals surface area contributed by atoms with Crippen molar-refractivity contribution in [3.63, 3.8) is 0 Å². The molecule has 0 aliphatic heterocycles. The molecule has 1 nitrogen and oxygen atoms in total. The van der Waals surface area contributed by atoms with Crippen molar-refractivity contribution in [1.82, 2.24) is 5.32 Å². The topological polar surface area (TPSA) is 12.0 Å². The molecule has 1 fully saturated rings. The van der Waals surface area contributed by atoms with E-state index in [-0.39, 0.29) is 11.8 Å². The minimum Gasteiger partial charge on any atom is -0.313 e. The van der Waals surface area contributed by atoms with Gasteiger partial charge in [0.05, 0.1) is 6.42 Å². The molecule has 0 bridgehead atoms. The van der Waals surface area contributed by atoms with Crippen LogP contribution >= 0.6 is 0 Å². The van der Waals surface area contributed by atoms with Crippen LogP contribution in [0.15, 0.2) is 30.3 Å². The highest BCUT2D eigenvalue weighted by Gasteiger charge is 2.47. The Bertz CT molecular complexity index is 388. The summed E-state index contributed by atoms with van der Waals surface area (Å²) < 4.78 is 37.8. The summed E-state index contributed by atoms with van der Waals surface area (Å²) in [6.45, 7) is 2.62. The number of benzene rings is 1. The first kappa shape index (κ1) is 14.4. The molecule has 0 aromatic heterocycles. The maximum absolute atomic E-state index is 12.6. The molecule has 2 rings (SSSR count). The van der Waals surface area contributed by atoms with Crippen molar-refractivity contribution < 1.29 is 13.2 Å². The van der Waals surface area contributed by atoms with E-state index in [2.05, 4.69) is 5.32 Å². The minimum atomic E-state index is -4.09. The van der Waals surface area contributed by atoms with Gasteiger partial charge in [0, 0.05) is 6.04 Å². The molecule has 0 radical (unpaired) electrons. The van der Waals surface area contributed by atoms with Gasteiger partial charge in [-0.05, 0) is 36.8 Å². The van der Waals surface area contributed by atoms with Crippen molar-refractivity contribution in [2.24, 2.45) is 5.92 Å². The van der Waals surface area contributed by atoms with Gasteiger partial charge in [-0.25, -0.2) is 0 Å². The molecule has 3 atom stereocenters. The highest BCUT2D eigenvalue weighted by molar-refractivity contribution is 5.26. The van der Waals surface area contributed by atoms with E-state index in [1.807, 2.05) is 37.3 Å².